The Morgan fingerprint density at radius 1 is 1.25 bits per heavy atom. The standard InChI is InChI=1S/C11H17N5/c1-9(2)16-11(5-7-14-16)12-8-10-4-6-13-15(10)3/h4-7,9,12H,8H2,1-3H3. The minimum absolute atomic E-state index is 0.365. The highest BCUT2D eigenvalue weighted by molar-refractivity contribution is 5.34. The van der Waals surface area contributed by atoms with Crippen molar-refractivity contribution in [2.75, 3.05) is 5.32 Å². The van der Waals surface area contributed by atoms with E-state index in [1.54, 1.807) is 6.20 Å². The van der Waals surface area contributed by atoms with Crippen LogP contribution in [-0.2, 0) is 13.6 Å². The first kappa shape index (κ1) is 10.7. The highest BCUT2D eigenvalue weighted by Gasteiger charge is 2.05. The molecule has 0 aliphatic heterocycles. The molecular weight excluding hydrogens is 202 g/mol. The molecule has 0 bridgehead atoms. The van der Waals surface area contributed by atoms with Gasteiger partial charge in [0, 0.05) is 25.4 Å². The van der Waals surface area contributed by atoms with E-state index in [0.717, 1.165) is 18.1 Å². The van der Waals surface area contributed by atoms with Crippen LogP contribution >= 0.6 is 0 Å². The Morgan fingerprint density at radius 2 is 2.00 bits per heavy atom. The number of anilines is 1. The fourth-order valence-corrected chi connectivity index (χ4v) is 1.62. The fourth-order valence-electron chi connectivity index (χ4n) is 1.62. The maximum absolute atomic E-state index is 4.27. The molecule has 2 heterocycles. The van der Waals surface area contributed by atoms with Gasteiger partial charge in [0.15, 0.2) is 0 Å². The van der Waals surface area contributed by atoms with Gasteiger partial charge in [-0.15, -0.1) is 0 Å². The SMILES string of the molecule is CC(C)n1nccc1NCc1ccnn1C. The monoisotopic (exact) mass is 219 g/mol. The highest BCUT2D eigenvalue weighted by atomic mass is 15.3. The third-order valence-electron chi connectivity index (χ3n) is 2.53. The van der Waals surface area contributed by atoms with E-state index < -0.39 is 0 Å². The van der Waals surface area contributed by atoms with Gasteiger partial charge in [-0.05, 0) is 19.9 Å². The number of nitrogens with one attached hydrogen (secondary N) is 1. The molecule has 0 aliphatic carbocycles. The van der Waals surface area contributed by atoms with Gasteiger partial charge in [0.25, 0.3) is 0 Å². The van der Waals surface area contributed by atoms with Crippen LogP contribution in [0.15, 0.2) is 24.5 Å². The minimum atomic E-state index is 0.365. The van der Waals surface area contributed by atoms with Gasteiger partial charge in [-0.1, -0.05) is 0 Å². The average molecular weight is 219 g/mol. The van der Waals surface area contributed by atoms with E-state index in [9.17, 15) is 0 Å². The molecule has 0 amide bonds. The highest BCUT2D eigenvalue weighted by Crippen LogP contribution is 2.13. The normalized spacial score (nSPS) is 11.0. The molecule has 0 unspecified atom stereocenters. The molecule has 2 aromatic heterocycles. The van der Waals surface area contributed by atoms with E-state index in [1.165, 1.54) is 0 Å². The van der Waals surface area contributed by atoms with E-state index in [-0.39, 0.29) is 0 Å². The van der Waals surface area contributed by atoms with Crippen LogP contribution in [0.2, 0.25) is 0 Å². The molecule has 0 atom stereocenters. The Balaban J connectivity index is 2.05. The molecule has 0 fully saturated rings. The first-order valence-corrected chi connectivity index (χ1v) is 5.42. The summed E-state index contributed by atoms with van der Waals surface area (Å²) in [5.74, 6) is 1.04. The molecule has 0 spiro atoms. The van der Waals surface area contributed by atoms with Crippen LogP contribution in [0.5, 0.6) is 0 Å². The van der Waals surface area contributed by atoms with Gasteiger partial charge in [-0.2, -0.15) is 10.2 Å². The first-order valence-electron chi connectivity index (χ1n) is 5.42. The summed E-state index contributed by atoms with van der Waals surface area (Å²) in [4.78, 5) is 0. The summed E-state index contributed by atoms with van der Waals surface area (Å²) in [6.07, 6.45) is 3.61. The largest absolute Gasteiger partial charge is 0.365 e. The van der Waals surface area contributed by atoms with Gasteiger partial charge in [0.2, 0.25) is 0 Å². The van der Waals surface area contributed by atoms with Gasteiger partial charge < -0.3 is 5.32 Å². The van der Waals surface area contributed by atoms with Crippen molar-refractivity contribution in [3.63, 3.8) is 0 Å². The van der Waals surface area contributed by atoms with Crippen LogP contribution in [-0.4, -0.2) is 19.6 Å². The topological polar surface area (TPSA) is 47.7 Å². The zero-order chi connectivity index (χ0) is 11.5. The second kappa shape index (κ2) is 4.38. The number of hydrogen-bond acceptors (Lipinski definition) is 3. The van der Waals surface area contributed by atoms with Crippen LogP contribution < -0.4 is 5.32 Å². The van der Waals surface area contributed by atoms with E-state index in [2.05, 4.69) is 29.4 Å². The Kier molecular flexibility index (Phi) is 2.94. The average Bonchev–Trinajstić information content (AvgIpc) is 2.83. The van der Waals surface area contributed by atoms with Crippen LogP contribution in [0, 0.1) is 0 Å². The molecule has 0 saturated heterocycles. The Labute approximate surface area is 95.1 Å². The Bertz CT molecular complexity index is 454. The number of nitrogens with zero attached hydrogens (tertiary/aromatic N) is 4. The smallest absolute Gasteiger partial charge is 0.124 e. The van der Waals surface area contributed by atoms with Crippen LogP contribution in [0.3, 0.4) is 0 Å². The van der Waals surface area contributed by atoms with Crippen LogP contribution in [0.25, 0.3) is 0 Å². The third kappa shape index (κ3) is 2.08. The van der Waals surface area contributed by atoms with Gasteiger partial charge in [0.05, 0.1) is 18.4 Å². The summed E-state index contributed by atoms with van der Waals surface area (Å²) >= 11 is 0. The minimum Gasteiger partial charge on any atom is -0.365 e. The molecule has 0 aliphatic rings. The molecule has 0 saturated carbocycles. The number of hydrogen-bond donors (Lipinski definition) is 1. The summed E-state index contributed by atoms with van der Waals surface area (Å²) in [6, 6.07) is 4.35. The summed E-state index contributed by atoms with van der Waals surface area (Å²) in [7, 11) is 1.94. The first-order chi connectivity index (χ1) is 7.68. The molecule has 16 heavy (non-hydrogen) atoms. The molecule has 2 aromatic rings. The van der Waals surface area contributed by atoms with Crippen LogP contribution in [0.4, 0.5) is 5.82 Å². The molecule has 5 heteroatoms. The maximum Gasteiger partial charge on any atom is 0.124 e. The number of aryl methyl sites for hydroxylation is 1. The molecule has 1 N–H and O–H groups in total. The third-order valence-corrected chi connectivity index (χ3v) is 2.53. The van der Waals surface area contributed by atoms with Gasteiger partial charge in [0.1, 0.15) is 5.82 Å². The van der Waals surface area contributed by atoms with E-state index in [1.807, 2.05) is 34.7 Å². The molecule has 86 valence electrons. The lowest BCUT2D eigenvalue weighted by Gasteiger charge is -2.12. The number of aromatic nitrogens is 4. The van der Waals surface area contributed by atoms with Gasteiger partial charge >= 0.3 is 0 Å². The lowest BCUT2D eigenvalue weighted by molar-refractivity contribution is 0.537. The fraction of sp³-hybridized carbons (Fsp3) is 0.455. The second-order valence-corrected chi connectivity index (χ2v) is 4.05. The van der Waals surface area contributed by atoms with Crippen molar-refractivity contribution < 1.29 is 0 Å². The van der Waals surface area contributed by atoms with Crippen molar-refractivity contribution in [3.05, 3.63) is 30.2 Å². The zero-order valence-corrected chi connectivity index (χ0v) is 9.88. The summed E-state index contributed by atoms with van der Waals surface area (Å²) in [5.41, 5.74) is 1.15. The summed E-state index contributed by atoms with van der Waals surface area (Å²) in [5, 5.41) is 11.8. The van der Waals surface area contributed by atoms with Crippen LogP contribution in [0.1, 0.15) is 25.6 Å². The van der Waals surface area contributed by atoms with Gasteiger partial charge in [-0.3, -0.25) is 4.68 Å². The Hall–Kier alpha value is -1.78. The van der Waals surface area contributed by atoms with Crippen molar-refractivity contribution in [3.8, 4) is 0 Å². The lowest BCUT2D eigenvalue weighted by Crippen LogP contribution is -2.11. The van der Waals surface area contributed by atoms with Crippen molar-refractivity contribution in [2.45, 2.75) is 26.4 Å². The van der Waals surface area contributed by atoms with Gasteiger partial charge in [-0.25, -0.2) is 4.68 Å². The van der Waals surface area contributed by atoms with Crippen molar-refractivity contribution in [1.29, 1.82) is 0 Å². The molecule has 2 rings (SSSR count). The zero-order valence-electron chi connectivity index (χ0n) is 9.88. The molecule has 5 nitrogen and oxygen atoms in total. The van der Waals surface area contributed by atoms with Crippen molar-refractivity contribution in [2.24, 2.45) is 7.05 Å². The predicted octanol–water partition coefficient (Wildman–Crippen LogP) is 1.81. The second-order valence-electron chi connectivity index (χ2n) is 4.05. The maximum atomic E-state index is 4.27. The van der Waals surface area contributed by atoms with Crippen molar-refractivity contribution >= 4 is 5.82 Å². The van der Waals surface area contributed by atoms with E-state index >= 15 is 0 Å². The molecular formula is C11H17N5. The van der Waals surface area contributed by atoms with E-state index in [0.29, 0.717) is 6.04 Å². The summed E-state index contributed by atoms with van der Waals surface area (Å²) in [6.45, 7) is 4.99. The number of rotatable bonds is 4. The predicted molar refractivity (Wildman–Crippen MR) is 63.1 cm³/mol. The molecule has 0 aromatic carbocycles. The van der Waals surface area contributed by atoms with Crippen molar-refractivity contribution in [1.82, 2.24) is 19.6 Å². The lowest BCUT2D eigenvalue weighted by atomic mass is 10.4. The quantitative estimate of drug-likeness (QED) is 0.853. The Morgan fingerprint density at radius 3 is 2.62 bits per heavy atom. The summed E-state index contributed by atoms with van der Waals surface area (Å²) < 4.78 is 3.83. The molecule has 0 radical (unpaired) electrons. The van der Waals surface area contributed by atoms with E-state index in [4.69, 9.17) is 0 Å².